The van der Waals surface area contributed by atoms with E-state index in [0.29, 0.717) is 16.6 Å². The molecule has 0 saturated carbocycles. The van der Waals surface area contributed by atoms with Crippen molar-refractivity contribution in [3.8, 4) is 12.3 Å². The standard InChI is InChI=1S/C11H16N4OS/c1-5-7-15(6-2)10(16)8-9(12)13-11(17-8)14(3)4/h1H,6-7,12H2,2-4H3. The number of terminal acetylenes is 1. The van der Waals surface area contributed by atoms with Crippen LogP contribution in [0.2, 0.25) is 0 Å². The summed E-state index contributed by atoms with van der Waals surface area (Å²) in [5, 5.41) is 0.711. The van der Waals surface area contributed by atoms with E-state index in [2.05, 4.69) is 10.9 Å². The van der Waals surface area contributed by atoms with Crippen molar-refractivity contribution >= 4 is 28.2 Å². The number of amides is 1. The Balaban J connectivity index is 2.99. The summed E-state index contributed by atoms with van der Waals surface area (Å²) in [5.41, 5.74) is 5.74. The molecule has 0 fully saturated rings. The quantitative estimate of drug-likeness (QED) is 0.808. The van der Waals surface area contributed by atoms with Crippen LogP contribution in [0.1, 0.15) is 16.6 Å². The lowest BCUT2D eigenvalue weighted by Gasteiger charge is -2.16. The van der Waals surface area contributed by atoms with E-state index in [4.69, 9.17) is 12.2 Å². The molecule has 92 valence electrons. The van der Waals surface area contributed by atoms with Crippen LogP contribution in [0.3, 0.4) is 0 Å². The normalized spacial score (nSPS) is 9.76. The van der Waals surface area contributed by atoms with Crippen LogP contribution in [0.5, 0.6) is 0 Å². The number of anilines is 2. The molecule has 0 saturated heterocycles. The van der Waals surface area contributed by atoms with Gasteiger partial charge in [-0.15, -0.1) is 6.42 Å². The number of nitrogen functional groups attached to an aromatic ring is 1. The predicted octanol–water partition coefficient (Wildman–Crippen LogP) is 0.887. The van der Waals surface area contributed by atoms with E-state index in [0.717, 1.165) is 0 Å². The topological polar surface area (TPSA) is 62.5 Å². The van der Waals surface area contributed by atoms with Crippen LogP contribution in [-0.4, -0.2) is 43.0 Å². The summed E-state index contributed by atoms with van der Waals surface area (Å²) >= 11 is 1.28. The minimum absolute atomic E-state index is 0.159. The SMILES string of the molecule is C#CCN(CC)C(=O)c1sc(N(C)C)nc1N. The summed E-state index contributed by atoms with van der Waals surface area (Å²) in [5.74, 6) is 2.56. The molecule has 0 spiro atoms. The number of rotatable bonds is 4. The Hall–Kier alpha value is -1.74. The largest absolute Gasteiger partial charge is 0.382 e. The van der Waals surface area contributed by atoms with Crippen LogP contribution >= 0.6 is 11.3 Å². The van der Waals surface area contributed by atoms with Crippen LogP contribution in [0, 0.1) is 12.3 Å². The Morgan fingerprint density at radius 3 is 2.65 bits per heavy atom. The first-order chi connectivity index (χ1) is 8.01. The first-order valence-electron chi connectivity index (χ1n) is 5.17. The average Bonchev–Trinajstić information content (AvgIpc) is 2.67. The van der Waals surface area contributed by atoms with E-state index in [1.165, 1.54) is 11.3 Å². The third-order valence-corrected chi connectivity index (χ3v) is 3.40. The maximum atomic E-state index is 12.1. The Morgan fingerprint density at radius 1 is 1.59 bits per heavy atom. The number of carbonyl (C=O) groups excluding carboxylic acids is 1. The van der Waals surface area contributed by atoms with E-state index in [1.54, 1.807) is 4.90 Å². The van der Waals surface area contributed by atoms with Crippen molar-refractivity contribution in [1.82, 2.24) is 9.88 Å². The van der Waals surface area contributed by atoms with Gasteiger partial charge in [0, 0.05) is 20.6 Å². The van der Waals surface area contributed by atoms with Gasteiger partial charge >= 0.3 is 0 Å². The molecule has 5 nitrogen and oxygen atoms in total. The van der Waals surface area contributed by atoms with Crippen LogP contribution in [0.4, 0.5) is 10.9 Å². The van der Waals surface area contributed by atoms with Crippen LogP contribution in [0.25, 0.3) is 0 Å². The molecule has 0 radical (unpaired) electrons. The molecular formula is C11H16N4OS. The van der Waals surface area contributed by atoms with Crippen LogP contribution < -0.4 is 10.6 Å². The van der Waals surface area contributed by atoms with Gasteiger partial charge in [-0.1, -0.05) is 17.3 Å². The van der Waals surface area contributed by atoms with Crippen molar-refractivity contribution in [1.29, 1.82) is 0 Å². The predicted molar refractivity (Wildman–Crippen MR) is 71.3 cm³/mol. The van der Waals surface area contributed by atoms with Gasteiger partial charge in [-0.05, 0) is 6.92 Å². The highest BCUT2D eigenvalue weighted by Gasteiger charge is 2.21. The molecule has 1 aromatic heterocycles. The Morgan fingerprint density at radius 2 is 2.24 bits per heavy atom. The van der Waals surface area contributed by atoms with Gasteiger partial charge in [0.05, 0.1) is 6.54 Å². The molecule has 6 heteroatoms. The molecule has 0 bridgehead atoms. The lowest BCUT2D eigenvalue weighted by molar-refractivity contribution is 0.0790. The summed E-state index contributed by atoms with van der Waals surface area (Å²) in [6.07, 6.45) is 5.22. The fraction of sp³-hybridized carbons (Fsp3) is 0.455. The Kier molecular flexibility index (Phi) is 4.35. The van der Waals surface area contributed by atoms with Crippen molar-refractivity contribution in [3.63, 3.8) is 0 Å². The molecular weight excluding hydrogens is 236 g/mol. The molecule has 0 unspecified atom stereocenters. The number of nitrogens with two attached hydrogens (primary N) is 1. The molecule has 0 aliphatic heterocycles. The number of thiazole rings is 1. The van der Waals surface area contributed by atoms with Gasteiger partial charge in [-0.2, -0.15) is 0 Å². The van der Waals surface area contributed by atoms with E-state index in [-0.39, 0.29) is 18.3 Å². The maximum Gasteiger partial charge on any atom is 0.268 e. The first-order valence-corrected chi connectivity index (χ1v) is 5.99. The van der Waals surface area contributed by atoms with Gasteiger partial charge in [-0.3, -0.25) is 4.79 Å². The average molecular weight is 252 g/mol. The zero-order chi connectivity index (χ0) is 13.0. The number of hydrogen-bond acceptors (Lipinski definition) is 5. The molecule has 2 N–H and O–H groups in total. The van der Waals surface area contributed by atoms with E-state index < -0.39 is 0 Å². The van der Waals surface area contributed by atoms with Gasteiger partial charge < -0.3 is 15.5 Å². The second kappa shape index (κ2) is 5.55. The number of nitrogens with zero attached hydrogens (tertiary/aromatic N) is 3. The molecule has 1 rings (SSSR count). The van der Waals surface area contributed by atoms with Crippen LogP contribution in [-0.2, 0) is 0 Å². The van der Waals surface area contributed by atoms with Crippen molar-refractivity contribution < 1.29 is 4.79 Å². The van der Waals surface area contributed by atoms with E-state index in [9.17, 15) is 4.79 Å². The van der Waals surface area contributed by atoms with E-state index >= 15 is 0 Å². The molecule has 0 atom stereocenters. The molecule has 0 aliphatic carbocycles. The second-order valence-corrected chi connectivity index (χ2v) is 4.61. The molecule has 0 aliphatic rings. The van der Waals surface area contributed by atoms with E-state index in [1.807, 2.05) is 25.9 Å². The van der Waals surface area contributed by atoms with Crippen molar-refractivity contribution in [2.75, 3.05) is 37.8 Å². The lowest BCUT2D eigenvalue weighted by atomic mass is 10.4. The minimum Gasteiger partial charge on any atom is -0.382 e. The fourth-order valence-electron chi connectivity index (χ4n) is 1.25. The summed E-state index contributed by atoms with van der Waals surface area (Å²) in [4.78, 5) is 20.1. The van der Waals surface area contributed by atoms with Gasteiger partial charge in [0.2, 0.25) is 0 Å². The summed E-state index contributed by atoms with van der Waals surface area (Å²) in [6, 6.07) is 0. The fourth-order valence-corrected chi connectivity index (χ4v) is 2.12. The number of hydrogen-bond donors (Lipinski definition) is 1. The highest BCUT2D eigenvalue weighted by Crippen LogP contribution is 2.27. The van der Waals surface area contributed by atoms with Crippen molar-refractivity contribution in [2.45, 2.75) is 6.92 Å². The highest BCUT2D eigenvalue weighted by molar-refractivity contribution is 7.18. The lowest BCUT2D eigenvalue weighted by Crippen LogP contribution is -2.31. The monoisotopic (exact) mass is 252 g/mol. The summed E-state index contributed by atoms with van der Waals surface area (Å²) < 4.78 is 0. The second-order valence-electron chi connectivity index (χ2n) is 3.63. The van der Waals surface area contributed by atoms with Gasteiger partial charge in [0.25, 0.3) is 5.91 Å². The first kappa shape index (κ1) is 13.3. The van der Waals surface area contributed by atoms with Gasteiger partial charge in [-0.25, -0.2) is 4.98 Å². The third-order valence-electron chi connectivity index (χ3n) is 2.17. The zero-order valence-corrected chi connectivity index (χ0v) is 11.0. The molecule has 17 heavy (non-hydrogen) atoms. The number of carbonyl (C=O) groups is 1. The summed E-state index contributed by atoms with van der Waals surface area (Å²) in [6.45, 7) is 2.71. The maximum absolute atomic E-state index is 12.1. The molecule has 1 heterocycles. The smallest absolute Gasteiger partial charge is 0.268 e. The van der Waals surface area contributed by atoms with Crippen LogP contribution in [0.15, 0.2) is 0 Å². The molecule has 1 aromatic rings. The Bertz CT molecular complexity index is 447. The molecule has 0 aromatic carbocycles. The van der Waals surface area contributed by atoms with Crippen molar-refractivity contribution in [3.05, 3.63) is 4.88 Å². The summed E-state index contributed by atoms with van der Waals surface area (Å²) in [7, 11) is 3.71. The minimum atomic E-state index is -0.159. The van der Waals surface area contributed by atoms with Crippen molar-refractivity contribution in [2.24, 2.45) is 0 Å². The molecule has 1 amide bonds. The highest BCUT2D eigenvalue weighted by atomic mass is 32.1. The van der Waals surface area contributed by atoms with Gasteiger partial charge in [0.1, 0.15) is 10.7 Å². The van der Waals surface area contributed by atoms with Gasteiger partial charge in [0.15, 0.2) is 5.13 Å². The Labute approximate surface area is 105 Å². The number of aromatic nitrogens is 1. The zero-order valence-electron chi connectivity index (χ0n) is 10.2. The third kappa shape index (κ3) is 2.88.